The van der Waals surface area contributed by atoms with Crippen LogP contribution < -0.4 is 4.74 Å². The highest BCUT2D eigenvalue weighted by Gasteiger charge is 2.21. The van der Waals surface area contributed by atoms with Crippen LogP contribution in [0.3, 0.4) is 0 Å². The van der Waals surface area contributed by atoms with Gasteiger partial charge in [0.15, 0.2) is 5.82 Å². The van der Waals surface area contributed by atoms with Crippen molar-refractivity contribution in [3.63, 3.8) is 0 Å². The number of carboxylic acid groups (broad SMARTS) is 1. The van der Waals surface area contributed by atoms with Crippen LogP contribution in [0.4, 0.5) is 8.78 Å². The molecule has 0 radical (unpaired) electrons. The number of rotatable bonds is 3. The molecule has 4 nitrogen and oxygen atoms in total. The van der Waals surface area contributed by atoms with Crippen LogP contribution in [0.5, 0.6) is 5.75 Å². The number of pyridine rings is 1. The Kier molecular flexibility index (Phi) is 3.41. The zero-order valence-electron chi connectivity index (χ0n) is 9.85. The Morgan fingerprint density at radius 3 is 2.68 bits per heavy atom. The van der Waals surface area contributed by atoms with Crippen LogP contribution in [0, 0.1) is 11.6 Å². The molecular weight excluding hydrogens is 256 g/mol. The first-order chi connectivity index (χ1) is 9.06. The Morgan fingerprint density at radius 2 is 2.05 bits per heavy atom. The molecule has 2 rings (SSSR count). The summed E-state index contributed by atoms with van der Waals surface area (Å²) in [5, 5.41) is 8.84. The molecule has 0 aliphatic rings. The summed E-state index contributed by atoms with van der Waals surface area (Å²) in [4.78, 5) is 14.6. The van der Waals surface area contributed by atoms with Crippen molar-refractivity contribution < 1.29 is 23.4 Å². The molecule has 0 aliphatic carbocycles. The lowest BCUT2D eigenvalue weighted by Crippen LogP contribution is -2.04. The van der Waals surface area contributed by atoms with E-state index in [1.165, 1.54) is 19.2 Å². The fraction of sp³-hybridized carbons (Fsp3) is 0.0769. The standard InChI is InChI=1S/C13H9F2NO3/c1-19-9-4-2-3-8(14)10(9)12-11(15)7(13(17)18)5-6-16-12/h2-6H,1H3,(H,17,18). The summed E-state index contributed by atoms with van der Waals surface area (Å²) < 4.78 is 32.8. The van der Waals surface area contributed by atoms with Crippen molar-refractivity contribution in [3.8, 4) is 17.0 Å². The Morgan fingerprint density at radius 1 is 1.32 bits per heavy atom. The molecule has 0 atom stereocenters. The molecular formula is C13H9F2NO3. The Hall–Kier alpha value is -2.50. The zero-order chi connectivity index (χ0) is 14.0. The second kappa shape index (κ2) is 5.01. The minimum absolute atomic E-state index is 0.0777. The van der Waals surface area contributed by atoms with E-state index in [2.05, 4.69) is 4.98 Å². The second-order valence-electron chi connectivity index (χ2n) is 3.64. The summed E-state index contributed by atoms with van der Waals surface area (Å²) in [6, 6.07) is 4.96. The first-order valence-corrected chi connectivity index (χ1v) is 5.27. The molecule has 0 amide bonds. The van der Waals surface area contributed by atoms with Gasteiger partial charge in [-0.3, -0.25) is 4.98 Å². The van der Waals surface area contributed by atoms with E-state index >= 15 is 0 Å². The van der Waals surface area contributed by atoms with Gasteiger partial charge in [0.1, 0.15) is 17.3 Å². The molecule has 0 fully saturated rings. The molecule has 0 saturated heterocycles. The zero-order valence-corrected chi connectivity index (χ0v) is 9.85. The highest BCUT2D eigenvalue weighted by molar-refractivity contribution is 5.89. The van der Waals surface area contributed by atoms with E-state index in [1.54, 1.807) is 0 Å². The molecule has 0 aliphatic heterocycles. The van der Waals surface area contributed by atoms with E-state index in [9.17, 15) is 13.6 Å². The number of hydrogen-bond donors (Lipinski definition) is 1. The van der Waals surface area contributed by atoms with E-state index in [0.717, 1.165) is 18.3 Å². The van der Waals surface area contributed by atoms with Gasteiger partial charge in [-0.25, -0.2) is 13.6 Å². The van der Waals surface area contributed by atoms with E-state index in [4.69, 9.17) is 9.84 Å². The van der Waals surface area contributed by atoms with Crippen molar-refractivity contribution in [3.05, 3.63) is 47.7 Å². The maximum atomic E-state index is 14.0. The van der Waals surface area contributed by atoms with Gasteiger partial charge in [0.05, 0.1) is 18.2 Å². The highest BCUT2D eigenvalue weighted by atomic mass is 19.1. The van der Waals surface area contributed by atoms with E-state index in [1.807, 2.05) is 0 Å². The first kappa shape index (κ1) is 12.9. The Labute approximate surface area is 107 Å². The predicted octanol–water partition coefficient (Wildman–Crippen LogP) is 2.73. The second-order valence-corrected chi connectivity index (χ2v) is 3.64. The van der Waals surface area contributed by atoms with Crippen LogP contribution in [0.1, 0.15) is 10.4 Å². The number of nitrogens with zero attached hydrogens (tertiary/aromatic N) is 1. The van der Waals surface area contributed by atoms with Crippen LogP contribution in [0.25, 0.3) is 11.3 Å². The Balaban J connectivity index is 2.73. The average molecular weight is 265 g/mol. The molecule has 1 aromatic carbocycles. The van der Waals surface area contributed by atoms with Gasteiger partial charge in [-0.15, -0.1) is 0 Å². The minimum Gasteiger partial charge on any atom is -0.496 e. The number of benzene rings is 1. The normalized spacial score (nSPS) is 10.3. The van der Waals surface area contributed by atoms with Crippen molar-refractivity contribution >= 4 is 5.97 Å². The van der Waals surface area contributed by atoms with Gasteiger partial charge in [0, 0.05) is 6.20 Å². The number of carbonyl (C=O) groups is 1. The largest absolute Gasteiger partial charge is 0.496 e. The van der Waals surface area contributed by atoms with Gasteiger partial charge in [-0.2, -0.15) is 0 Å². The van der Waals surface area contributed by atoms with Gasteiger partial charge in [0.2, 0.25) is 0 Å². The van der Waals surface area contributed by atoms with Gasteiger partial charge < -0.3 is 9.84 Å². The third-order valence-corrected chi connectivity index (χ3v) is 2.55. The molecule has 19 heavy (non-hydrogen) atoms. The molecule has 0 bridgehead atoms. The number of halogens is 2. The SMILES string of the molecule is COc1cccc(F)c1-c1nccc(C(=O)O)c1F. The van der Waals surface area contributed by atoms with Crippen LogP contribution in [-0.4, -0.2) is 23.2 Å². The molecule has 0 spiro atoms. The van der Waals surface area contributed by atoms with Crippen molar-refractivity contribution in [1.29, 1.82) is 0 Å². The van der Waals surface area contributed by atoms with Gasteiger partial charge in [-0.05, 0) is 18.2 Å². The number of methoxy groups -OCH3 is 1. The Bertz CT molecular complexity index is 644. The summed E-state index contributed by atoms with van der Waals surface area (Å²) in [5.41, 5.74) is -1.17. The topological polar surface area (TPSA) is 59.4 Å². The van der Waals surface area contributed by atoms with E-state index < -0.39 is 28.9 Å². The fourth-order valence-electron chi connectivity index (χ4n) is 1.69. The lowest BCUT2D eigenvalue weighted by molar-refractivity contribution is 0.0691. The molecule has 98 valence electrons. The monoisotopic (exact) mass is 265 g/mol. The fourth-order valence-corrected chi connectivity index (χ4v) is 1.69. The first-order valence-electron chi connectivity index (χ1n) is 5.27. The molecule has 1 heterocycles. The highest BCUT2D eigenvalue weighted by Crippen LogP contribution is 2.33. The number of aromatic nitrogens is 1. The lowest BCUT2D eigenvalue weighted by Gasteiger charge is -2.10. The van der Waals surface area contributed by atoms with Gasteiger partial charge in [-0.1, -0.05) is 6.07 Å². The molecule has 6 heteroatoms. The van der Waals surface area contributed by atoms with Crippen molar-refractivity contribution in [1.82, 2.24) is 4.98 Å². The molecule has 0 unspecified atom stereocenters. The van der Waals surface area contributed by atoms with Crippen molar-refractivity contribution in [2.45, 2.75) is 0 Å². The number of aromatic carboxylic acids is 1. The minimum atomic E-state index is -1.45. The van der Waals surface area contributed by atoms with Gasteiger partial charge >= 0.3 is 5.97 Å². The van der Waals surface area contributed by atoms with Crippen LogP contribution >= 0.6 is 0 Å². The average Bonchev–Trinajstić information content (AvgIpc) is 2.39. The smallest absolute Gasteiger partial charge is 0.338 e. The molecule has 1 aromatic heterocycles. The lowest BCUT2D eigenvalue weighted by atomic mass is 10.1. The van der Waals surface area contributed by atoms with Crippen LogP contribution in [-0.2, 0) is 0 Å². The number of ether oxygens (including phenoxy) is 1. The predicted molar refractivity (Wildman–Crippen MR) is 63.1 cm³/mol. The summed E-state index contributed by atoms with van der Waals surface area (Å²) in [7, 11) is 1.30. The van der Waals surface area contributed by atoms with Crippen LogP contribution in [0.15, 0.2) is 30.5 Å². The molecule has 1 N–H and O–H groups in total. The summed E-state index contributed by atoms with van der Waals surface area (Å²) in [6.45, 7) is 0. The third-order valence-electron chi connectivity index (χ3n) is 2.55. The van der Waals surface area contributed by atoms with Crippen molar-refractivity contribution in [2.75, 3.05) is 7.11 Å². The summed E-state index contributed by atoms with van der Waals surface area (Å²) in [6.07, 6.45) is 1.10. The maximum Gasteiger partial charge on any atom is 0.338 e. The van der Waals surface area contributed by atoms with E-state index in [0.29, 0.717) is 0 Å². The maximum absolute atomic E-state index is 14.0. The van der Waals surface area contributed by atoms with Gasteiger partial charge in [0.25, 0.3) is 0 Å². The summed E-state index contributed by atoms with van der Waals surface area (Å²) in [5.74, 6) is -3.21. The molecule has 2 aromatic rings. The summed E-state index contributed by atoms with van der Waals surface area (Å²) >= 11 is 0. The van der Waals surface area contributed by atoms with Crippen molar-refractivity contribution in [2.24, 2.45) is 0 Å². The quantitative estimate of drug-likeness (QED) is 0.927. The third kappa shape index (κ3) is 2.24. The number of carboxylic acids is 1. The number of hydrogen-bond acceptors (Lipinski definition) is 3. The van der Waals surface area contributed by atoms with Crippen LogP contribution in [0.2, 0.25) is 0 Å². The van der Waals surface area contributed by atoms with E-state index in [-0.39, 0.29) is 11.3 Å². The molecule has 0 saturated carbocycles.